The molecule has 0 amide bonds. The smallest absolute Gasteiger partial charge is 0.379 e. The van der Waals surface area contributed by atoms with Gasteiger partial charge in [-0.25, -0.2) is 0 Å². The van der Waals surface area contributed by atoms with Crippen LogP contribution in [0.1, 0.15) is 20.8 Å². The van der Waals surface area contributed by atoms with Gasteiger partial charge in [-0.2, -0.15) is 0 Å². The van der Waals surface area contributed by atoms with E-state index < -0.39 is 17.1 Å². The molecule has 0 aromatic carbocycles. The summed E-state index contributed by atoms with van der Waals surface area (Å²) in [5.74, 6) is 0. The zero-order valence-corrected chi connectivity index (χ0v) is 13.6. The molecule has 0 fully saturated rings. The molecular weight excluding hydrogens is 263 g/mol. The van der Waals surface area contributed by atoms with Gasteiger partial charge in [-0.05, 0) is 13.8 Å². The van der Waals surface area contributed by atoms with Crippen molar-refractivity contribution in [1.82, 2.24) is 0 Å². The van der Waals surface area contributed by atoms with Crippen LogP contribution in [-0.4, -0.2) is 50.2 Å². The van der Waals surface area contributed by atoms with Gasteiger partial charge >= 0.3 is 17.1 Å². The summed E-state index contributed by atoms with van der Waals surface area (Å²) in [6.07, 6.45) is 0.453. The van der Waals surface area contributed by atoms with E-state index in [2.05, 4.69) is 0 Å². The molecule has 8 heteroatoms. The van der Waals surface area contributed by atoms with E-state index in [1.807, 2.05) is 0 Å². The van der Waals surface area contributed by atoms with Gasteiger partial charge in [0.05, 0.1) is 13.2 Å². The SMILES string of the molecule is CCOP(=O)(CC)OCC.CO[SiH](OC)OC. The summed E-state index contributed by atoms with van der Waals surface area (Å²) in [4.78, 5) is 0. The Morgan fingerprint density at radius 1 is 0.882 bits per heavy atom. The van der Waals surface area contributed by atoms with E-state index in [4.69, 9.17) is 22.3 Å². The topological polar surface area (TPSA) is 63.2 Å². The van der Waals surface area contributed by atoms with Gasteiger partial charge < -0.3 is 22.3 Å². The van der Waals surface area contributed by atoms with Crippen molar-refractivity contribution in [3.8, 4) is 0 Å². The molecule has 0 atom stereocenters. The predicted molar refractivity (Wildman–Crippen MR) is 69.6 cm³/mol. The van der Waals surface area contributed by atoms with E-state index in [0.717, 1.165) is 0 Å². The Balaban J connectivity index is 0. The normalized spacial score (nSPS) is 11.2. The number of hydrogen-bond donors (Lipinski definition) is 0. The first-order valence-corrected chi connectivity index (χ1v) is 8.64. The summed E-state index contributed by atoms with van der Waals surface area (Å²) in [7, 11) is 0.348. The Morgan fingerprint density at radius 3 is 1.35 bits per heavy atom. The van der Waals surface area contributed by atoms with E-state index in [9.17, 15) is 4.57 Å². The molecule has 106 valence electrons. The van der Waals surface area contributed by atoms with Crippen LogP contribution in [0.4, 0.5) is 0 Å². The fraction of sp³-hybridized carbons (Fsp3) is 1.00. The maximum Gasteiger partial charge on any atom is 0.483 e. The van der Waals surface area contributed by atoms with E-state index >= 15 is 0 Å². The molecule has 0 aromatic heterocycles. The van der Waals surface area contributed by atoms with Gasteiger partial charge in [0.15, 0.2) is 0 Å². The molecule has 0 heterocycles. The molecule has 0 saturated carbocycles. The third kappa shape index (κ3) is 11.1. The molecule has 17 heavy (non-hydrogen) atoms. The van der Waals surface area contributed by atoms with Gasteiger partial charge in [0.25, 0.3) is 0 Å². The largest absolute Gasteiger partial charge is 0.483 e. The van der Waals surface area contributed by atoms with Crippen LogP contribution < -0.4 is 0 Å². The highest BCUT2D eigenvalue weighted by molar-refractivity contribution is 7.53. The van der Waals surface area contributed by atoms with Crippen molar-refractivity contribution in [2.24, 2.45) is 0 Å². The molecule has 0 unspecified atom stereocenters. The molecule has 0 saturated heterocycles. The zero-order valence-electron chi connectivity index (χ0n) is 11.6. The van der Waals surface area contributed by atoms with E-state index in [-0.39, 0.29) is 0 Å². The Kier molecular flexibility index (Phi) is 14.6. The van der Waals surface area contributed by atoms with Gasteiger partial charge in [0, 0.05) is 27.5 Å². The lowest BCUT2D eigenvalue weighted by Crippen LogP contribution is -2.21. The van der Waals surface area contributed by atoms with Crippen molar-refractivity contribution in [2.75, 3.05) is 40.7 Å². The van der Waals surface area contributed by atoms with Crippen LogP contribution in [0, 0.1) is 0 Å². The molecule has 0 aliphatic heterocycles. The van der Waals surface area contributed by atoms with Crippen LogP contribution in [-0.2, 0) is 26.9 Å². The van der Waals surface area contributed by atoms with Gasteiger partial charge in [-0.15, -0.1) is 0 Å². The van der Waals surface area contributed by atoms with Gasteiger partial charge in [-0.3, -0.25) is 4.57 Å². The van der Waals surface area contributed by atoms with Crippen LogP contribution in [0.25, 0.3) is 0 Å². The summed E-state index contributed by atoms with van der Waals surface area (Å²) in [6, 6.07) is 0. The Labute approximate surface area is 106 Å². The molecule has 0 rings (SSSR count). The van der Waals surface area contributed by atoms with Crippen molar-refractivity contribution in [2.45, 2.75) is 20.8 Å². The van der Waals surface area contributed by atoms with Gasteiger partial charge in [0.2, 0.25) is 0 Å². The van der Waals surface area contributed by atoms with Crippen LogP contribution in [0.5, 0.6) is 0 Å². The maximum absolute atomic E-state index is 11.3. The molecule has 0 spiro atoms. The van der Waals surface area contributed by atoms with Crippen molar-refractivity contribution in [1.29, 1.82) is 0 Å². The second-order valence-corrected chi connectivity index (χ2v) is 7.12. The highest BCUT2D eigenvalue weighted by Crippen LogP contribution is 2.47. The van der Waals surface area contributed by atoms with E-state index in [0.29, 0.717) is 19.4 Å². The first-order valence-electron chi connectivity index (χ1n) is 5.49. The van der Waals surface area contributed by atoms with Crippen molar-refractivity contribution in [3.05, 3.63) is 0 Å². The van der Waals surface area contributed by atoms with Crippen LogP contribution in [0.2, 0.25) is 0 Å². The molecule has 0 N–H and O–H groups in total. The first kappa shape index (κ1) is 19.6. The molecule has 0 aliphatic rings. The summed E-state index contributed by atoms with van der Waals surface area (Å²) in [6.45, 7) is 6.31. The average molecular weight is 288 g/mol. The fourth-order valence-electron chi connectivity index (χ4n) is 0.902. The van der Waals surface area contributed by atoms with Crippen molar-refractivity contribution in [3.63, 3.8) is 0 Å². The van der Waals surface area contributed by atoms with Gasteiger partial charge in [0.1, 0.15) is 0 Å². The maximum atomic E-state index is 11.3. The lowest BCUT2D eigenvalue weighted by Gasteiger charge is -2.13. The third-order valence-corrected chi connectivity index (χ3v) is 4.85. The standard InChI is InChI=1S/C6H15O3P.C3H10O3Si/c1-4-8-10(7,6-3)9-5-2;1-4-7(5-2)6-3/h4-6H2,1-3H3;7H,1-3H3. The summed E-state index contributed by atoms with van der Waals surface area (Å²) < 4.78 is 35.5. The third-order valence-electron chi connectivity index (χ3n) is 1.62. The van der Waals surface area contributed by atoms with Crippen LogP contribution in [0.15, 0.2) is 0 Å². The minimum atomic E-state index is -2.70. The predicted octanol–water partition coefficient (Wildman–Crippen LogP) is 1.92. The molecule has 6 nitrogen and oxygen atoms in total. The lowest BCUT2D eigenvalue weighted by molar-refractivity contribution is 0.163. The highest BCUT2D eigenvalue weighted by Gasteiger charge is 2.19. The summed E-state index contributed by atoms with van der Waals surface area (Å²) in [5.41, 5.74) is 0. The molecule has 0 radical (unpaired) electrons. The molecular formula is C9H25O6PSi. The molecule has 0 aliphatic carbocycles. The van der Waals surface area contributed by atoms with Crippen LogP contribution in [0.3, 0.4) is 0 Å². The Bertz CT molecular complexity index is 184. The fourth-order valence-corrected chi connectivity index (χ4v) is 2.71. The summed E-state index contributed by atoms with van der Waals surface area (Å²) >= 11 is 0. The summed E-state index contributed by atoms with van der Waals surface area (Å²) in [5, 5.41) is 0. The Hall–Kier alpha value is 0.247. The molecule has 0 bridgehead atoms. The van der Waals surface area contributed by atoms with Crippen LogP contribution >= 0.6 is 7.60 Å². The minimum absolute atomic E-state index is 0.450. The van der Waals surface area contributed by atoms with Gasteiger partial charge in [-0.1, -0.05) is 6.92 Å². The number of rotatable bonds is 8. The monoisotopic (exact) mass is 288 g/mol. The first-order chi connectivity index (χ1) is 8.03. The zero-order chi connectivity index (χ0) is 13.7. The molecule has 0 aromatic rings. The Morgan fingerprint density at radius 2 is 1.24 bits per heavy atom. The quantitative estimate of drug-likeness (QED) is 0.502. The van der Waals surface area contributed by atoms with E-state index in [1.165, 1.54) is 0 Å². The lowest BCUT2D eigenvalue weighted by atomic mass is 10.9. The second kappa shape index (κ2) is 12.7. The second-order valence-electron chi connectivity index (χ2n) is 2.76. The van der Waals surface area contributed by atoms with Crippen molar-refractivity contribution < 1.29 is 26.9 Å². The average Bonchev–Trinajstić information content (AvgIpc) is 2.33. The minimum Gasteiger partial charge on any atom is -0.379 e. The van der Waals surface area contributed by atoms with Crippen molar-refractivity contribution >= 4 is 17.1 Å². The highest BCUT2D eigenvalue weighted by atomic mass is 31.2. The number of hydrogen-bond acceptors (Lipinski definition) is 6. The van der Waals surface area contributed by atoms with E-state index in [1.54, 1.807) is 42.1 Å².